The number of hydrogen-bond donors (Lipinski definition) is 1. The van der Waals surface area contributed by atoms with Crippen LogP contribution in [-0.4, -0.2) is 46.0 Å². The number of thioether (sulfide) groups is 1. The number of anilines is 2. The van der Waals surface area contributed by atoms with Crippen LogP contribution < -0.4 is 10.2 Å². The topological polar surface area (TPSA) is 84.2 Å². The molecule has 1 fully saturated rings. The summed E-state index contributed by atoms with van der Waals surface area (Å²) in [4.78, 5) is 21.3. The van der Waals surface area contributed by atoms with Crippen molar-refractivity contribution in [3.63, 3.8) is 0 Å². The summed E-state index contributed by atoms with van der Waals surface area (Å²) in [6, 6.07) is 0.294. The van der Waals surface area contributed by atoms with E-state index < -0.39 is 0 Å². The van der Waals surface area contributed by atoms with Gasteiger partial charge in [-0.15, -0.1) is 0 Å². The van der Waals surface area contributed by atoms with E-state index in [0.29, 0.717) is 30.0 Å². The molecule has 0 spiro atoms. The molecule has 0 aromatic carbocycles. The minimum absolute atomic E-state index is 0.00560. The van der Waals surface area contributed by atoms with Crippen LogP contribution in [0.2, 0.25) is 0 Å². The quantitative estimate of drug-likeness (QED) is 0.657. The highest BCUT2D eigenvalue weighted by molar-refractivity contribution is 7.99. The van der Waals surface area contributed by atoms with E-state index in [9.17, 15) is 10.1 Å². The fraction of sp³-hybridized carbons (Fsp3) is 0.667. The number of nitrogens with zero attached hydrogens (tertiary/aromatic N) is 4. The molecule has 1 aromatic rings. The van der Waals surface area contributed by atoms with Crippen molar-refractivity contribution in [1.82, 2.24) is 9.97 Å². The molecule has 0 radical (unpaired) electrons. The Morgan fingerprint density at radius 1 is 1.55 bits per heavy atom. The Morgan fingerprint density at radius 3 is 2.85 bits per heavy atom. The summed E-state index contributed by atoms with van der Waals surface area (Å²) >= 11 is 1.87. The van der Waals surface area contributed by atoms with Gasteiger partial charge in [0, 0.05) is 25.4 Å². The number of nitrogens with one attached hydrogen (secondary N) is 1. The van der Waals surface area contributed by atoms with E-state index in [2.05, 4.69) is 15.3 Å². The molecular formula is C12H19N5O2S. The van der Waals surface area contributed by atoms with Gasteiger partial charge < -0.3 is 10.2 Å². The third-order valence-electron chi connectivity index (χ3n) is 3.34. The molecule has 1 N–H and O–H groups in total. The van der Waals surface area contributed by atoms with E-state index in [1.165, 1.54) is 0 Å². The Kier molecular flexibility index (Phi) is 4.64. The van der Waals surface area contributed by atoms with Gasteiger partial charge in [0.05, 0.1) is 4.92 Å². The van der Waals surface area contributed by atoms with Crippen molar-refractivity contribution in [3.8, 4) is 0 Å². The maximum atomic E-state index is 11.3. The maximum Gasteiger partial charge on any atom is 0.332 e. The largest absolute Gasteiger partial charge is 0.354 e. The Hall–Kier alpha value is -1.57. The van der Waals surface area contributed by atoms with Crippen LogP contribution in [0.4, 0.5) is 17.5 Å². The van der Waals surface area contributed by atoms with Crippen molar-refractivity contribution in [2.24, 2.45) is 0 Å². The molecule has 1 aliphatic heterocycles. The fourth-order valence-electron chi connectivity index (χ4n) is 2.25. The first kappa shape index (κ1) is 14.8. The van der Waals surface area contributed by atoms with Gasteiger partial charge >= 0.3 is 5.69 Å². The van der Waals surface area contributed by atoms with Crippen molar-refractivity contribution < 1.29 is 4.92 Å². The Bertz CT molecular complexity index is 505. The molecule has 1 aliphatic rings. The molecule has 7 nitrogen and oxygen atoms in total. The van der Waals surface area contributed by atoms with Gasteiger partial charge in [-0.25, -0.2) is 4.98 Å². The standard InChI is InChI=1S/C12H19N5O2S/c1-4-13-12-14-8(2)10(17(18)19)11(15-12)16(3)9-5-6-20-7-9/h9H,4-7H2,1-3H3,(H,13,14,15). The lowest BCUT2D eigenvalue weighted by atomic mass is 10.2. The fourth-order valence-corrected chi connectivity index (χ4v) is 3.52. The van der Waals surface area contributed by atoms with Gasteiger partial charge in [0.1, 0.15) is 5.69 Å². The molecule has 20 heavy (non-hydrogen) atoms. The summed E-state index contributed by atoms with van der Waals surface area (Å²) in [5, 5.41) is 14.3. The van der Waals surface area contributed by atoms with E-state index in [1.54, 1.807) is 6.92 Å². The van der Waals surface area contributed by atoms with E-state index in [0.717, 1.165) is 17.9 Å². The van der Waals surface area contributed by atoms with E-state index in [-0.39, 0.29) is 10.6 Å². The maximum absolute atomic E-state index is 11.3. The first-order valence-electron chi connectivity index (χ1n) is 6.62. The van der Waals surface area contributed by atoms with Gasteiger partial charge in [-0.05, 0) is 26.0 Å². The van der Waals surface area contributed by atoms with Crippen LogP contribution in [-0.2, 0) is 0 Å². The summed E-state index contributed by atoms with van der Waals surface area (Å²) < 4.78 is 0. The Balaban J connectivity index is 2.43. The Labute approximate surface area is 122 Å². The average molecular weight is 297 g/mol. The number of nitro groups is 1. The summed E-state index contributed by atoms with van der Waals surface area (Å²) in [6.07, 6.45) is 1.03. The number of aromatic nitrogens is 2. The number of aryl methyl sites for hydroxylation is 1. The van der Waals surface area contributed by atoms with Gasteiger partial charge in [-0.2, -0.15) is 16.7 Å². The lowest BCUT2D eigenvalue weighted by Gasteiger charge is -2.25. The third-order valence-corrected chi connectivity index (χ3v) is 4.49. The molecule has 0 saturated carbocycles. The first-order valence-corrected chi connectivity index (χ1v) is 7.77. The lowest BCUT2D eigenvalue weighted by Crippen LogP contribution is -2.33. The first-order chi connectivity index (χ1) is 9.54. The molecule has 2 rings (SSSR count). The summed E-state index contributed by atoms with van der Waals surface area (Å²) in [6.45, 7) is 4.28. The summed E-state index contributed by atoms with van der Waals surface area (Å²) in [5.74, 6) is 2.93. The predicted molar refractivity (Wildman–Crippen MR) is 81.7 cm³/mol. The zero-order valence-electron chi connectivity index (χ0n) is 11.9. The van der Waals surface area contributed by atoms with Gasteiger partial charge in [-0.1, -0.05) is 0 Å². The van der Waals surface area contributed by atoms with Crippen molar-refractivity contribution >= 4 is 29.2 Å². The van der Waals surface area contributed by atoms with Crippen molar-refractivity contribution in [3.05, 3.63) is 15.8 Å². The molecule has 8 heteroatoms. The third kappa shape index (κ3) is 2.95. The van der Waals surface area contributed by atoms with E-state index >= 15 is 0 Å². The second-order valence-corrected chi connectivity index (χ2v) is 5.87. The zero-order chi connectivity index (χ0) is 14.7. The molecule has 0 amide bonds. The molecule has 1 aromatic heterocycles. The van der Waals surface area contributed by atoms with Gasteiger partial charge in [0.15, 0.2) is 0 Å². The smallest absolute Gasteiger partial charge is 0.332 e. The van der Waals surface area contributed by atoms with Crippen LogP contribution in [0.5, 0.6) is 0 Å². The summed E-state index contributed by atoms with van der Waals surface area (Å²) in [5.41, 5.74) is 0.402. The predicted octanol–water partition coefficient (Wildman–Crippen LogP) is 2.07. The van der Waals surface area contributed by atoms with E-state index in [4.69, 9.17) is 0 Å². The molecule has 0 bridgehead atoms. The van der Waals surface area contributed by atoms with Gasteiger partial charge in [0.25, 0.3) is 0 Å². The average Bonchev–Trinajstić information content (AvgIpc) is 2.90. The highest BCUT2D eigenvalue weighted by atomic mass is 32.2. The van der Waals surface area contributed by atoms with Crippen LogP contribution in [0, 0.1) is 17.0 Å². The Morgan fingerprint density at radius 2 is 2.30 bits per heavy atom. The molecule has 1 saturated heterocycles. The monoisotopic (exact) mass is 297 g/mol. The zero-order valence-corrected chi connectivity index (χ0v) is 12.7. The number of hydrogen-bond acceptors (Lipinski definition) is 7. The molecule has 2 heterocycles. The molecule has 110 valence electrons. The second-order valence-electron chi connectivity index (χ2n) is 4.72. The minimum Gasteiger partial charge on any atom is -0.354 e. The van der Waals surface area contributed by atoms with Crippen LogP contribution in [0.15, 0.2) is 0 Å². The SMILES string of the molecule is CCNc1nc(C)c([N+](=O)[O-])c(N(C)C2CCSC2)n1. The van der Waals surface area contributed by atoms with Crippen molar-refractivity contribution in [2.75, 3.05) is 35.3 Å². The van der Waals surface area contributed by atoms with Crippen LogP contribution in [0.1, 0.15) is 19.0 Å². The summed E-state index contributed by atoms with van der Waals surface area (Å²) in [7, 11) is 1.88. The molecule has 1 unspecified atom stereocenters. The molecular weight excluding hydrogens is 278 g/mol. The molecule has 1 atom stereocenters. The highest BCUT2D eigenvalue weighted by Crippen LogP contribution is 2.33. The van der Waals surface area contributed by atoms with Gasteiger partial charge in [0.2, 0.25) is 11.8 Å². The van der Waals surface area contributed by atoms with E-state index in [1.807, 2.05) is 30.6 Å². The molecule has 0 aliphatic carbocycles. The van der Waals surface area contributed by atoms with Crippen molar-refractivity contribution in [1.29, 1.82) is 0 Å². The normalized spacial score (nSPS) is 18.1. The van der Waals surface area contributed by atoms with Crippen LogP contribution in [0.25, 0.3) is 0 Å². The lowest BCUT2D eigenvalue weighted by molar-refractivity contribution is -0.385. The van der Waals surface area contributed by atoms with Crippen LogP contribution >= 0.6 is 11.8 Å². The van der Waals surface area contributed by atoms with Crippen LogP contribution in [0.3, 0.4) is 0 Å². The number of rotatable bonds is 5. The van der Waals surface area contributed by atoms with Crippen molar-refractivity contribution in [2.45, 2.75) is 26.3 Å². The minimum atomic E-state index is -0.390. The second kappa shape index (κ2) is 6.25. The van der Waals surface area contributed by atoms with Gasteiger partial charge in [-0.3, -0.25) is 10.1 Å². The highest BCUT2D eigenvalue weighted by Gasteiger charge is 2.30.